The number of rotatable bonds is 8. The molecule has 3 aliphatic heterocycles. The van der Waals surface area contributed by atoms with Crippen molar-refractivity contribution in [2.45, 2.75) is 154 Å². The van der Waals surface area contributed by atoms with Crippen molar-refractivity contribution in [3.63, 3.8) is 0 Å². The zero-order chi connectivity index (χ0) is 29.1. The summed E-state index contributed by atoms with van der Waals surface area (Å²) in [6, 6.07) is -0.218. The lowest BCUT2D eigenvalue weighted by molar-refractivity contribution is -0.156. The Morgan fingerprint density at radius 1 is 0.789 bits per heavy atom. The van der Waals surface area contributed by atoms with E-state index >= 15 is 0 Å². The first-order valence-electron chi connectivity index (χ1n) is 14.2. The summed E-state index contributed by atoms with van der Waals surface area (Å²) in [5, 5.41) is 3.29. The molecule has 10 heteroatoms. The third kappa shape index (κ3) is 7.10. The summed E-state index contributed by atoms with van der Waals surface area (Å²) < 4.78 is 38.5. The van der Waals surface area contributed by atoms with E-state index in [1.807, 2.05) is 27.7 Å². The van der Waals surface area contributed by atoms with Gasteiger partial charge in [-0.25, -0.2) is 0 Å². The molecule has 1 N–H and O–H groups in total. The molecule has 0 bridgehead atoms. The average Bonchev–Trinajstić information content (AvgIpc) is 3.38. The molecule has 0 radical (unpaired) electrons. The van der Waals surface area contributed by atoms with Gasteiger partial charge < -0.3 is 33.1 Å². The number of amides is 1. The van der Waals surface area contributed by atoms with Crippen LogP contribution >= 0.6 is 0 Å². The molecule has 222 valence electrons. The zero-order valence-electron chi connectivity index (χ0n) is 26.4. The molecule has 38 heavy (non-hydrogen) atoms. The number of nitrogens with one attached hydrogen (secondary N) is 1. The molecule has 0 aliphatic carbocycles. The summed E-state index contributed by atoms with van der Waals surface area (Å²) in [6.45, 7) is 30.8. The Kier molecular flexibility index (Phi) is 8.89. The minimum atomic E-state index is -2.22. The van der Waals surface area contributed by atoms with Crippen LogP contribution in [0.25, 0.3) is 0 Å². The molecule has 8 nitrogen and oxygen atoms in total. The van der Waals surface area contributed by atoms with Gasteiger partial charge in [0.1, 0.15) is 12.2 Å². The highest BCUT2D eigenvalue weighted by Gasteiger charge is 2.54. The van der Waals surface area contributed by atoms with Crippen LogP contribution in [-0.4, -0.2) is 77.8 Å². The normalized spacial score (nSPS) is 31.9. The molecule has 0 spiro atoms. The Labute approximate surface area is 233 Å². The van der Waals surface area contributed by atoms with Gasteiger partial charge >= 0.3 is 0 Å². The van der Waals surface area contributed by atoms with E-state index < -0.39 is 34.3 Å². The number of carbonyl (C=O) groups is 1. The van der Waals surface area contributed by atoms with Crippen LogP contribution in [0.2, 0.25) is 36.3 Å². The molecular weight excluding hydrogens is 518 g/mol. The van der Waals surface area contributed by atoms with Crippen molar-refractivity contribution < 1.29 is 32.6 Å². The summed E-state index contributed by atoms with van der Waals surface area (Å²) in [5.74, 6) is -1.79. The quantitative estimate of drug-likeness (QED) is 0.380. The third-order valence-electron chi connectivity index (χ3n) is 9.23. The molecule has 3 saturated heterocycles. The van der Waals surface area contributed by atoms with Gasteiger partial charge in [0.05, 0.1) is 37.4 Å². The highest BCUT2D eigenvalue weighted by Crippen LogP contribution is 2.44. The number of carbonyl (C=O) groups excluding carboxylic acids is 1. The summed E-state index contributed by atoms with van der Waals surface area (Å²) in [6.07, 6.45) is -0.741. The summed E-state index contributed by atoms with van der Waals surface area (Å²) in [4.78, 5) is 13.7. The first-order chi connectivity index (χ1) is 16.9. The second kappa shape index (κ2) is 10.5. The third-order valence-corrected chi connectivity index (χ3v) is 18.2. The van der Waals surface area contributed by atoms with Crippen LogP contribution < -0.4 is 5.32 Å². The first kappa shape index (κ1) is 32.2. The van der Waals surface area contributed by atoms with Gasteiger partial charge in [0.15, 0.2) is 28.2 Å². The van der Waals surface area contributed by atoms with Crippen LogP contribution in [0.4, 0.5) is 0 Å². The number of ether oxygens (including phenoxy) is 4. The van der Waals surface area contributed by atoms with Gasteiger partial charge in [-0.1, -0.05) is 41.5 Å². The van der Waals surface area contributed by atoms with E-state index in [1.165, 1.54) is 0 Å². The van der Waals surface area contributed by atoms with E-state index in [1.54, 1.807) is 0 Å². The van der Waals surface area contributed by atoms with Gasteiger partial charge in [-0.2, -0.15) is 0 Å². The molecular formula is C28H55NO7Si2. The minimum absolute atomic E-state index is 0.0106. The van der Waals surface area contributed by atoms with E-state index in [4.69, 9.17) is 27.8 Å². The standard InChI is InChI=1S/C28H55NO7Si2/c1-25(2,3)37(11,12)35-22(20-16-31-27(7,8)33-20)18-15-19(29-24(18)30)23(21-17-32-28(9,10)34-21)36-38(13,14)26(4,5)6/h18-23H,15-17H2,1-14H3,(H,29,30)/t18-,19+,20-,21+,22-,23-/m1/s1. The van der Waals surface area contributed by atoms with Gasteiger partial charge in [-0.05, 0) is 70.4 Å². The Morgan fingerprint density at radius 2 is 1.18 bits per heavy atom. The summed E-state index contributed by atoms with van der Waals surface area (Å²) in [7, 11) is -4.40. The van der Waals surface area contributed by atoms with Gasteiger partial charge in [-0.15, -0.1) is 0 Å². The van der Waals surface area contributed by atoms with Crippen LogP contribution in [0, 0.1) is 5.92 Å². The van der Waals surface area contributed by atoms with Gasteiger partial charge in [0.25, 0.3) is 0 Å². The second-order valence-electron chi connectivity index (χ2n) is 15.4. The molecule has 0 unspecified atom stereocenters. The van der Waals surface area contributed by atoms with Gasteiger partial charge in [0, 0.05) is 0 Å². The SMILES string of the molecule is CC1(C)OC[C@@H]([C@H](O[Si](C)(C)C(C)(C)C)[C@@H]2C[C@H]([C@@H](O[Si](C)(C)C(C)(C)C)[C@H]3COC(C)(C)O3)C(=O)N2)O1. The Morgan fingerprint density at radius 3 is 1.55 bits per heavy atom. The Bertz CT molecular complexity index is 862. The van der Waals surface area contributed by atoms with E-state index in [0.717, 1.165) is 0 Å². The fourth-order valence-corrected chi connectivity index (χ4v) is 7.55. The molecule has 1 amide bonds. The maximum Gasteiger partial charge on any atom is 0.226 e. The molecule has 3 heterocycles. The van der Waals surface area contributed by atoms with E-state index in [2.05, 4.69) is 73.0 Å². The fraction of sp³-hybridized carbons (Fsp3) is 0.964. The topological polar surface area (TPSA) is 84.5 Å². The molecule has 0 aromatic heterocycles. The summed E-state index contributed by atoms with van der Waals surface area (Å²) >= 11 is 0. The Balaban J connectivity index is 1.92. The lowest BCUT2D eigenvalue weighted by Gasteiger charge is -2.43. The van der Waals surface area contributed by atoms with Crippen molar-refractivity contribution in [3.05, 3.63) is 0 Å². The zero-order valence-corrected chi connectivity index (χ0v) is 28.4. The maximum absolute atomic E-state index is 13.7. The van der Waals surface area contributed by atoms with Crippen LogP contribution in [0.15, 0.2) is 0 Å². The molecule has 3 fully saturated rings. The second-order valence-corrected chi connectivity index (χ2v) is 24.9. The molecule has 0 aromatic carbocycles. The minimum Gasteiger partial charge on any atom is -0.410 e. The van der Waals surface area contributed by atoms with Crippen molar-refractivity contribution in [1.29, 1.82) is 0 Å². The van der Waals surface area contributed by atoms with Crippen molar-refractivity contribution in [1.82, 2.24) is 5.32 Å². The largest absolute Gasteiger partial charge is 0.410 e. The maximum atomic E-state index is 13.7. The predicted octanol–water partition coefficient (Wildman–Crippen LogP) is 5.57. The highest BCUT2D eigenvalue weighted by atomic mass is 28.4. The van der Waals surface area contributed by atoms with E-state index in [0.29, 0.717) is 19.6 Å². The number of hydrogen-bond acceptors (Lipinski definition) is 7. The van der Waals surface area contributed by atoms with E-state index in [-0.39, 0.29) is 46.3 Å². The monoisotopic (exact) mass is 573 g/mol. The van der Waals surface area contributed by atoms with Crippen LogP contribution in [0.5, 0.6) is 0 Å². The molecule has 3 aliphatic rings. The van der Waals surface area contributed by atoms with Crippen LogP contribution in [0.1, 0.15) is 75.7 Å². The molecule has 0 aromatic rings. The van der Waals surface area contributed by atoms with E-state index in [9.17, 15) is 4.79 Å². The van der Waals surface area contributed by atoms with Crippen LogP contribution in [0.3, 0.4) is 0 Å². The first-order valence-corrected chi connectivity index (χ1v) is 20.1. The lowest BCUT2D eigenvalue weighted by Crippen LogP contribution is -2.54. The molecule has 6 atom stereocenters. The van der Waals surface area contributed by atoms with Crippen molar-refractivity contribution in [2.24, 2.45) is 5.92 Å². The van der Waals surface area contributed by atoms with Crippen molar-refractivity contribution >= 4 is 22.5 Å². The van der Waals surface area contributed by atoms with Crippen molar-refractivity contribution in [3.8, 4) is 0 Å². The van der Waals surface area contributed by atoms with Gasteiger partial charge in [-0.3, -0.25) is 4.79 Å². The fourth-order valence-electron chi connectivity index (χ4n) is 4.85. The molecule has 0 saturated carbocycles. The smallest absolute Gasteiger partial charge is 0.226 e. The highest BCUT2D eigenvalue weighted by molar-refractivity contribution is 6.74. The predicted molar refractivity (Wildman–Crippen MR) is 154 cm³/mol. The van der Waals surface area contributed by atoms with Crippen LogP contribution in [-0.2, 0) is 32.6 Å². The molecule has 3 rings (SSSR count). The lowest BCUT2D eigenvalue weighted by atomic mass is 9.92. The van der Waals surface area contributed by atoms with Crippen molar-refractivity contribution in [2.75, 3.05) is 13.2 Å². The average molecular weight is 574 g/mol. The Hall–Kier alpha value is -0.336. The summed E-state index contributed by atoms with van der Waals surface area (Å²) in [5.41, 5.74) is 0. The number of hydrogen-bond donors (Lipinski definition) is 1. The van der Waals surface area contributed by atoms with Gasteiger partial charge in [0.2, 0.25) is 5.91 Å².